The fraction of sp³-hybridized carbons (Fsp3) is 0.682. The molecule has 0 unspecified atom stereocenters. The smallest absolute Gasteiger partial charge is 0.229 e. The molecule has 0 bridgehead atoms. The average molecular weight is 397 g/mol. The maximum atomic E-state index is 13.0. The Morgan fingerprint density at radius 3 is 2.69 bits per heavy atom. The average Bonchev–Trinajstić information content (AvgIpc) is 3.03. The maximum absolute atomic E-state index is 13.0. The van der Waals surface area contributed by atoms with E-state index in [0.717, 1.165) is 88.3 Å². The Morgan fingerprint density at radius 2 is 1.93 bits per heavy atom. The zero-order valence-electron chi connectivity index (χ0n) is 17.6. The molecule has 2 aromatic rings. The van der Waals surface area contributed by atoms with Crippen molar-refractivity contribution >= 4 is 17.4 Å². The number of nitrogens with one attached hydrogen (secondary N) is 1. The summed E-state index contributed by atoms with van der Waals surface area (Å²) in [5.41, 5.74) is 3.39. The van der Waals surface area contributed by atoms with E-state index in [1.54, 1.807) is 0 Å². The quantitative estimate of drug-likeness (QED) is 0.856. The molecule has 7 heteroatoms. The first-order chi connectivity index (χ1) is 14.1. The molecule has 0 saturated carbocycles. The van der Waals surface area contributed by atoms with E-state index < -0.39 is 0 Å². The highest BCUT2D eigenvalue weighted by molar-refractivity contribution is 5.82. The van der Waals surface area contributed by atoms with Crippen LogP contribution in [0.3, 0.4) is 0 Å². The van der Waals surface area contributed by atoms with Gasteiger partial charge in [-0.05, 0) is 37.6 Å². The van der Waals surface area contributed by atoms with Crippen molar-refractivity contribution in [1.82, 2.24) is 24.8 Å². The number of amides is 1. The first kappa shape index (κ1) is 18.9. The van der Waals surface area contributed by atoms with Gasteiger partial charge in [0.15, 0.2) is 5.65 Å². The summed E-state index contributed by atoms with van der Waals surface area (Å²) in [6.45, 7) is 9.98. The Hall–Kier alpha value is -2.15. The van der Waals surface area contributed by atoms with E-state index in [1.807, 2.05) is 16.8 Å². The van der Waals surface area contributed by atoms with Crippen LogP contribution in [0.2, 0.25) is 0 Å². The number of carbonyl (C=O) groups excluding carboxylic acids is 1. The van der Waals surface area contributed by atoms with E-state index in [-0.39, 0.29) is 5.92 Å². The number of hydrogen-bond acceptors (Lipinski definition) is 5. The molecule has 0 radical (unpaired) electrons. The molecule has 5 heterocycles. The van der Waals surface area contributed by atoms with Crippen LogP contribution in [0.4, 0.5) is 5.82 Å². The minimum absolute atomic E-state index is 0.115. The van der Waals surface area contributed by atoms with Gasteiger partial charge in [0.05, 0.1) is 17.8 Å². The lowest BCUT2D eigenvalue weighted by Gasteiger charge is -2.44. The lowest BCUT2D eigenvalue weighted by molar-refractivity contribution is -0.138. The van der Waals surface area contributed by atoms with Gasteiger partial charge < -0.3 is 15.1 Å². The van der Waals surface area contributed by atoms with Gasteiger partial charge in [-0.1, -0.05) is 13.8 Å². The van der Waals surface area contributed by atoms with Crippen molar-refractivity contribution in [2.75, 3.05) is 44.2 Å². The second kappa shape index (κ2) is 7.59. The van der Waals surface area contributed by atoms with E-state index in [9.17, 15) is 4.79 Å². The Kier molecular flexibility index (Phi) is 4.94. The van der Waals surface area contributed by atoms with Crippen LogP contribution in [0, 0.1) is 17.8 Å². The van der Waals surface area contributed by atoms with Crippen LogP contribution in [0.25, 0.3) is 5.65 Å². The summed E-state index contributed by atoms with van der Waals surface area (Å²) in [4.78, 5) is 22.3. The maximum Gasteiger partial charge on any atom is 0.229 e. The number of anilines is 1. The molecule has 2 aromatic heterocycles. The molecule has 1 N–H and O–H groups in total. The Labute approximate surface area is 172 Å². The van der Waals surface area contributed by atoms with Gasteiger partial charge >= 0.3 is 0 Å². The monoisotopic (exact) mass is 396 g/mol. The summed E-state index contributed by atoms with van der Waals surface area (Å²) in [7, 11) is 0. The minimum atomic E-state index is 0.115. The Morgan fingerprint density at radius 1 is 1.17 bits per heavy atom. The normalized spacial score (nSPS) is 21.3. The van der Waals surface area contributed by atoms with Gasteiger partial charge in [-0.25, -0.2) is 4.98 Å². The second-order valence-electron chi connectivity index (χ2n) is 9.22. The van der Waals surface area contributed by atoms with E-state index in [2.05, 4.69) is 34.1 Å². The number of hydrogen-bond donors (Lipinski definition) is 1. The van der Waals surface area contributed by atoms with Crippen LogP contribution in [0.5, 0.6) is 0 Å². The van der Waals surface area contributed by atoms with Gasteiger partial charge in [0.25, 0.3) is 0 Å². The molecule has 2 saturated heterocycles. The largest absolute Gasteiger partial charge is 0.354 e. The highest BCUT2D eigenvalue weighted by Gasteiger charge is 2.39. The summed E-state index contributed by atoms with van der Waals surface area (Å²) >= 11 is 0. The molecular weight excluding hydrogens is 364 g/mol. The third-order valence-corrected chi connectivity index (χ3v) is 7.11. The number of aromatic nitrogens is 3. The van der Waals surface area contributed by atoms with E-state index in [1.165, 1.54) is 11.3 Å². The van der Waals surface area contributed by atoms with Crippen LogP contribution in [0.15, 0.2) is 12.3 Å². The summed E-state index contributed by atoms with van der Waals surface area (Å²) in [6.07, 6.45) is 6.04. The fourth-order valence-electron chi connectivity index (χ4n) is 5.19. The van der Waals surface area contributed by atoms with Gasteiger partial charge in [0.2, 0.25) is 5.91 Å². The number of fused-ring (bicyclic) bond motifs is 2. The summed E-state index contributed by atoms with van der Waals surface area (Å²) in [5.74, 6) is 3.11. The first-order valence-corrected chi connectivity index (χ1v) is 11.2. The van der Waals surface area contributed by atoms with Gasteiger partial charge in [0, 0.05) is 50.8 Å². The number of piperidine rings is 1. The van der Waals surface area contributed by atoms with E-state index >= 15 is 0 Å². The highest BCUT2D eigenvalue weighted by Crippen LogP contribution is 2.33. The van der Waals surface area contributed by atoms with Crippen LogP contribution < -0.4 is 10.2 Å². The SMILES string of the molecule is CC(C)C1CCN(C(=O)C2CN(c3c4c(nc5ccnn35)CCNCC4)C2)CC1. The standard InChI is InChI=1S/C22H32N6O/c1-15(2)16-6-11-26(12-7-16)22(29)17-13-27(14-17)21-18-3-8-23-9-4-19(18)25-20-5-10-24-28(20)21/h5,10,15-17,23H,3-4,6-9,11-14H2,1-2H3. The van der Waals surface area contributed by atoms with Crippen molar-refractivity contribution in [1.29, 1.82) is 0 Å². The number of carbonyl (C=O) groups is 1. The van der Waals surface area contributed by atoms with Gasteiger partial charge in [0.1, 0.15) is 5.82 Å². The van der Waals surface area contributed by atoms with Crippen molar-refractivity contribution in [3.8, 4) is 0 Å². The van der Waals surface area contributed by atoms with Crippen molar-refractivity contribution < 1.29 is 4.79 Å². The predicted octanol–water partition coefficient (Wildman–Crippen LogP) is 1.75. The minimum Gasteiger partial charge on any atom is -0.354 e. The summed E-state index contributed by atoms with van der Waals surface area (Å²) in [6, 6.07) is 1.98. The molecule has 0 spiro atoms. The van der Waals surface area contributed by atoms with E-state index in [0.29, 0.717) is 5.91 Å². The topological polar surface area (TPSA) is 65.8 Å². The molecule has 0 atom stereocenters. The zero-order valence-corrected chi connectivity index (χ0v) is 17.6. The lowest BCUT2D eigenvalue weighted by Crippen LogP contribution is -2.56. The zero-order chi connectivity index (χ0) is 20.0. The first-order valence-electron chi connectivity index (χ1n) is 11.2. The van der Waals surface area contributed by atoms with Crippen molar-refractivity contribution in [3.05, 3.63) is 23.5 Å². The molecule has 1 amide bonds. The molecule has 3 aliphatic heterocycles. The van der Waals surface area contributed by atoms with Crippen LogP contribution in [-0.4, -0.2) is 64.7 Å². The molecule has 5 rings (SSSR count). The molecule has 156 valence electrons. The Bertz CT molecular complexity index is 892. The van der Waals surface area contributed by atoms with Gasteiger partial charge in [-0.3, -0.25) is 4.79 Å². The molecule has 3 aliphatic rings. The van der Waals surface area contributed by atoms with Gasteiger partial charge in [-0.15, -0.1) is 0 Å². The van der Waals surface area contributed by atoms with Crippen LogP contribution >= 0.6 is 0 Å². The van der Waals surface area contributed by atoms with Crippen LogP contribution in [0.1, 0.15) is 37.9 Å². The van der Waals surface area contributed by atoms with Crippen molar-refractivity contribution in [2.45, 2.75) is 39.5 Å². The number of nitrogens with zero attached hydrogens (tertiary/aromatic N) is 5. The van der Waals surface area contributed by atoms with Crippen LogP contribution in [-0.2, 0) is 17.6 Å². The lowest BCUT2D eigenvalue weighted by atomic mass is 9.86. The molecule has 0 aliphatic carbocycles. The van der Waals surface area contributed by atoms with Crippen molar-refractivity contribution in [2.24, 2.45) is 17.8 Å². The highest BCUT2D eigenvalue weighted by atomic mass is 16.2. The summed E-state index contributed by atoms with van der Waals surface area (Å²) in [5, 5.41) is 8.02. The number of likely N-dealkylation sites (tertiary alicyclic amines) is 1. The molecular formula is C22H32N6O. The molecule has 7 nitrogen and oxygen atoms in total. The fourth-order valence-corrected chi connectivity index (χ4v) is 5.19. The number of rotatable bonds is 3. The predicted molar refractivity (Wildman–Crippen MR) is 113 cm³/mol. The van der Waals surface area contributed by atoms with Gasteiger partial charge in [-0.2, -0.15) is 9.61 Å². The third-order valence-electron chi connectivity index (χ3n) is 7.11. The van der Waals surface area contributed by atoms with E-state index in [4.69, 9.17) is 4.98 Å². The Balaban J connectivity index is 1.31. The molecule has 0 aromatic carbocycles. The summed E-state index contributed by atoms with van der Waals surface area (Å²) < 4.78 is 1.97. The second-order valence-corrected chi connectivity index (χ2v) is 9.22. The molecule has 29 heavy (non-hydrogen) atoms. The molecule has 2 fully saturated rings. The third kappa shape index (κ3) is 3.39. The van der Waals surface area contributed by atoms with Crippen molar-refractivity contribution in [3.63, 3.8) is 0 Å².